The smallest absolute Gasteiger partial charge is 0.254 e. The van der Waals surface area contributed by atoms with Gasteiger partial charge in [0.15, 0.2) is 0 Å². The van der Waals surface area contributed by atoms with Crippen LogP contribution in [0.4, 0.5) is 4.39 Å². The molecule has 2 aliphatic heterocycles. The van der Waals surface area contributed by atoms with E-state index in [1.807, 2.05) is 4.90 Å². The van der Waals surface area contributed by atoms with Crippen LogP contribution >= 0.6 is 0 Å². The summed E-state index contributed by atoms with van der Waals surface area (Å²) >= 11 is 0. The fraction of sp³-hybridized carbons (Fsp3) is 0.429. The molecule has 2 saturated heterocycles. The normalized spacial score (nSPS) is 22.6. The van der Waals surface area contributed by atoms with Crippen molar-refractivity contribution in [2.45, 2.75) is 18.9 Å². The van der Waals surface area contributed by atoms with Crippen molar-refractivity contribution in [1.29, 1.82) is 0 Å². The highest BCUT2D eigenvalue weighted by Crippen LogP contribution is 2.23. The topological polar surface area (TPSA) is 40.6 Å². The number of nitrogens with zero attached hydrogens (tertiary/aromatic N) is 2. The molecule has 5 heteroatoms. The summed E-state index contributed by atoms with van der Waals surface area (Å²) in [5.41, 5.74) is 0.373. The monoisotopic (exact) mass is 262 g/mol. The van der Waals surface area contributed by atoms with Gasteiger partial charge in [-0.15, -0.1) is 0 Å². The summed E-state index contributed by atoms with van der Waals surface area (Å²) in [4.78, 5) is 27.4. The number of carbonyl (C=O) groups excluding carboxylic acids is 2. The van der Waals surface area contributed by atoms with Gasteiger partial charge in [0.05, 0.1) is 0 Å². The quantitative estimate of drug-likeness (QED) is 0.764. The zero-order valence-electron chi connectivity index (χ0n) is 10.5. The van der Waals surface area contributed by atoms with Crippen LogP contribution in [0.5, 0.6) is 0 Å². The molecule has 0 bridgehead atoms. The number of benzene rings is 1. The number of fused-ring (bicyclic) bond motifs is 1. The third-order valence-electron chi connectivity index (χ3n) is 3.85. The predicted molar refractivity (Wildman–Crippen MR) is 67.0 cm³/mol. The standard InChI is InChI=1S/C14H15FN2O2/c15-11-3-1-2-10(8-11)14(19)16-6-7-17-12(9-16)4-5-13(17)18/h1-3,8,12H,4-7,9H2/t12-/m0/s1. The highest BCUT2D eigenvalue weighted by molar-refractivity contribution is 5.94. The van der Waals surface area contributed by atoms with Gasteiger partial charge in [0.1, 0.15) is 5.82 Å². The summed E-state index contributed by atoms with van der Waals surface area (Å²) in [7, 11) is 0. The van der Waals surface area contributed by atoms with Crippen molar-refractivity contribution < 1.29 is 14.0 Å². The van der Waals surface area contributed by atoms with Crippen molar-refractivity contribution in [1.82, 2.24) is 9.80 Å². The van der Waals surface area contributed by atoms with Gasteiger partial charge < -0.3 is 9.80 Å². The molecule has 4 nitrogen and oxygen atoms in total. The minimum Gasteiger partial charge on any atom is -0.336 e. The van der Waals surface area contributed by atoms with Gasteiger partial charge >= 0.3 is 0 Å². The maximum absolute atomic E-state index is 13.1. The first kappa shape index (κ1) is 12.1. The van der Waals surface area contributed by atoms with Crippen molar-refractivity contribution >= 4 is 11.8 Å². The number of piperazine rings is 1. The van der Waals surface area contributed by atoms with Crippen molar-refractivity contribution in [2.75, 3.05) is 19.6 Å². The molecule has 0 spiro atoms. The van der Waals surface area contributed by atoms with Gasteiger partial charge in [-0.25, -0.2) is 4.39 Å². The molecule has 0 aliphatic carbocycles. The molecule has 1 aromatic rings. The van der Waals surface area contributed by atoms with Gasteiger partial charge in [0.2, 0.25) is 5.91 Å². The van der Waals surface area contributed by atoms with E-state index in [0.717, 1.165) is 6.42 Å². The molecule has 2 amide bonds. The van der Waals surface area contributed by atoms with E-state index in [4.69, 9.17) is 0 Å². The molecule has 1 atom stereocenters. The van der Waals surface area contributed by atoms with Crippen LogP contribution in [0, 0.1) is 5.82 Å². The molecule has 0 unspecified atom stereocenters. The van der Waals surface area contributed by atoms with Crippen LogP contribution in [0.2, 0.25) is 0 Å². The minimum absolute atomic E-state index is 0.138. The minimum atomic E-state index is -0.402. The van der Waals surface area contributed by atoms with E-state index in [9.17, 15) is 14.0 Å². The summed E-state index contributed by atoms with van der Waals surface area (Å²) in [6, 6.07) is 5.88. The van der Waals surface area contributed by atoms with Crippen LogP contribution in [-0.4, -0.2) is 47.3 Å². The number of rotatable bonds is 1. The summed E-state index contributed by atoms with van der Waals surface area (Å²) in [6.45, 7) is 1.67. The molecule has 1 aromatic carbocycles. The highest BCUT2D eigenvalue weighted by Gasteiger charge is 2.36. The van der Waals surface area contributed by atoms with Gasteiger partial charge in [-0.05, 0) is 24.6 Å². The molecular formula is C14H15FN2O2. The third-order valence-corrected chi connectivity index (χ3v) is 3.85. The van der Waals surface area contributed by atoms with Crippen LogP contribution in [0.15, 0.2) is 24.3 Å². The molecule has 2 fully saturated rings. The summed E-state index contributed by atoms with van der Waals surface area (Å²) < 4.78 is 13.1. The highest BCUT2D eigenvalue weighted by atomic mass is 19.1. The second-order valence-corrected chi connectivity index (χ2v) is 5.04. The average Bonchev–Trinajstić information content (AvgIpc) is 2.79. The van der Waals surface area contributed by atoms with Crippen LogP contribution in [0.1, 0.15) is 23.2 Å². The Kier molecular flexibility index (Phi) is 2.97. The van der Waals surface area contributed by atoms with Gasteiger partial charge in [-0.1, -0.05) is 6.07 Å². The first-order chi connectivity index (χ1) is 9.15. The van der Waals surface area contributed by atoms with Crippen molar-refractivity contribution in [3.8, 4) is 0 Å². The van der Waals surface area contributed by atoms with Crippen LogP contribution in [0.25, 0.3) is 0 Å². The molecule has 19 heavy (non-hydrogen) atoms. The fourth-order valence-electron chi connectivity index (χ4n) is 2.85. The molecule has 2 aliphatic rings. The van der Waals surface area contributed by atoms with E-state index in [0.29, 0.717) is 31.6 Å². The van der Waals surface area contributed by atoms with E-state index in [-0.39, 0.29) is 17.9 Å². The Labute approximate surface area is 110 Å². The Hall–Kier alpha value is -1.91. The summed E-state index contributed by atoms with van der Waals surface area (Å²) in [6.07, 6.45) is 1.39. The van der Waals surface area contributed by atoms with Crippen molar-refractivity contribution in [2.24, 2.45) is 0 Å². The number of halogens is 1. The molecule has 0 aromatic heterocycles. The van der Waals surface area contributed by atoms with Gasteiger partial charge in [0.25, 0.3) is 5.91 Å². The molecular weight excluding hydrogens is 247 g/mol. The van der Waals surface area contributed by atoms with E-state index < -0.39 is 5.82 Å². The number of hydrogen-bond donors (Lipinski definition) is 0. The van der Waals surface area contributed by atoms with Gasteiger partial charge in [0, 0.05) is 37.7 Å². The largest absolute Gasteiger partial charge is 0.336 e. The van der Waals surface area contributed by atoms with Crippen molar-refractivity contribution in [3.63, 3.8) is 0 Å². The predicted octanol–water partition coefficient (Wildman–Crippen LogP) is 1.27. The molecule has 3 rings (SSSR count). The molecule has 0 N–H and O–H groups in total. The first-order valence-corrected chi connectivity index (χ1v) is 6.49. The first-order valence-electron chi connectivity index (χ1n) is 6.49. The van der Waals surface area contributed by atoms with E-state index in [1.54, 1.807) is 11.0 Å². The van der Waals surface area contributed by atoms with E-state index in [1.165, 1.54) is 18.2 Å². The van der Waals surface area contributed by atoms with Gasteiger partial charge in [-0.3, -0.25) is 9.59 Å². The third kappa shape index (κ3) is 2.20. The van der Waals surface area contributed by atoms with Crippen LogP contribution < -0.4 is 0 Å². The lowest BCUT2D eigenvalue weighted by atomic mass is 10.1. The number of hydrogen-bond acceptors (Lipinski definition) is 2. The van der Waals surface area contributed by atoms with Crippen molar-refractivity contribution in [3.05, 3.63) is 35.6 Å². The average molecular weight is 262 g/mol. The Morgan fingerprint density at radius 2 is 2.16 bits per heavy atom. The SMILES string of the molecule is O=C(c1cccc(F)c1)N1CCN2C(=O)CC[C@H]2C1. The summed E-state index contributed by atoms with van der Waals surface area (Å²) in [5.74, 6) is -0.373. The summed E-state index contributed by atoms with van der Waals surface area (Å²) in [5, 5.41) is 0. The maximum Gasteiger partial charge on any atom is 0.254 e. The van der Waals surface area contributed by atoms with Crippen LogP contribution in [0.3, 0.4) is 0 Å². The van der Waals surface area contributed by atoms with E-state index >= 15 is 0 Å². The Morgan fingerprint density at radius 3 is 2.95 bits per heavy atom. The maximum atomic E-state index is 13.1. The second kappa shape index (κ2) is 4.64. The number of amides is 2. The molecule has 0 radical (unpaired) electrons. The molecule has 2 heterocycles. The van der Waals surface area contributed by atoms with Gasteiger partial charge in [-0.2, -0.15) is 0 Å². The Morgan fingerprint density at radius 1 is 1.32 bits per heavy atom. The Balaban J connectivity index is 1.74. The van der Waals surface area contributed by atoms with E-state index in [2.05, 4.69) is 0 Å². The van der Waals surface area contributed by atoms with Crippen LogP contribution in [-0.2, 0) is 4.79 Å². The zero-order chi connectivity index (χ0) is 13.4. The number of carbonyl (C=O) groups is 2. The second-order valence-electron chi connectivity index (χ2n) is 5.04. The lowest BCUT2D eigenvalue weighted by Gasteiger charge is -2.37. The Bertz CT molecular complexity index is 532. The molecule has 0 saturated carbocycles. The fourth-order valence-corrected chi connectivity index (χ4v) is 2.85. The zero-order valence-corrected chi connectivity index (χ0v) is 10.5. The molecule has 100 valence electrons. The lowest BCUT2D eigenvalue weighted by Crippen LogP contribution is -2.53. The lowest BCUT2D eigenvalue weighted by molar-refractivity contribution is -0.130.